The molecule has 3 aliphatic carbocycles. The molecule has 20 heteroatoms. The topological polar surface area (TPSA) is 212 Å². The van der Waals surface area contributed by atoms with E-state index in [4.69, 9.17) is 28.4 Å². The SMILES string of the molecule is CC1(C(=O)NCCOCCOCCNS(=O)(=O)c2ccc(O[C@H]3c4ccccc4C[C@@H]3N3CCCCC3)cc2)C=CC=C(C(=O)NCCOCCOCCNS(=O)(=O)c2ccc(O[C@H]3c4ccccc4CC3N3CCCCC3)cc2)C1. The van der Waals surface area contributed by atoms with Gasteiger partial charge in [-0.1, -0.05) is 79.6 Å². The van der Waals surface area contributed by atoms with Gasteiger partial charge in [-0.05, 0) is 149 Å². The molecule has 4 N–H and O–H groups in total. The number of sulfonamides is 2. The molecule has 9 rings (SSSR count). The van der Waals surface area contributed by atoms with Crippen molar-refractivity contribution in [3.63, 3.8) is 0 Å². The van der Waals surface area contributed by atoms with Gasteiger partial charge >= 0.3 is 0 Å². The molecule has 0 saturated carbocycles. The second-order valence-corrected chi connectivity index (χ2v) is 25.1. The summed E-state index contributed by atoms with van der Waals surface area (Å²) in [5, 5.41) is 5.73. The van der Waals surface area contributed by atoms with Crippen molar-refractivity contribution in [2.24, 2.45) is 5.41 Å². The first-order valence-corrected chi connectivity index (χ1v) is 31.8. The van der Waals surface area contributed by atoms with E-state index >= 15 is 0 Å². The van der Waals surface area contributed by atoms with Crippen molar-refractivity contribution in [3.05, 3.63) is 143 Å². The maximum absolute atomic E-state index is 13.2. The van der Waals surface area contributed by atoms with E-state index in [2.05, 4.69) is 66.3 Å². The number of carbonyl (C=O) groups is 2. The first-order chi connectivity index (χ1) is 39.4. The summed E-state index contributed by atoms with van der Waals surface area (Å²) in [4.78, 5) is 31.6. The van der Waals surface area contributed by atoms with Gasteiger partial charge in [0.15, 0.2) is 0 Å². The minimum absolute atomic E-state index is 0.0833. The number of benzene rings is 4. The van der Waals surface area contributed by atoms with E-state index in [1.165, 1.54) is 60.8 Å². The highest BCUT2D eigenvalue weighted by molar-refractivity contribution is 7.89. The summed E-state index contributed by atoms with van der Waals surface area (Å²) in [6, 6.07) is 30.5. The van der Waals surface area contributed by atoms with Gasteiger partial charge in [0.1, 0.15) is 23.7 Å². The average molecular weight is 1150 g/mol. The van der Waals surface area contributed by atoms with Crippen LogP contribution in [-0.4, -0.2) is 156 Å². The third-order valence-corrected chi connectivity index (χ3v) is 18.8. The average Bonchev–Trinajstić information content (AvgIpc) is 4.15. The van der Waals surface area contributed by atoms with Crippen LogP contribution in [0.3, 0.4) is 0 Å². The van der Waals surface area contributed by atoms with Gasteiger partial charge in [0, 0.05) is 31.8 Å². The van der Waals surface area contributed by atoms with Gasteiger partial charge in [0.25, 0.3) is 0 Å². The fourth-order valence-corrected chi connectivity index (χ4v) is 13.5. The Kier molecular flexibility index (Phi) is 21.6. The van der Waals surface area contributed by atoms with E-state index in [1.807, 2.05) is 12.1 Å². The van der Waals surface area contributed by atoms with E-state index in [1.54, 1.807) is 73.7 Å². The summed E-state index contributed by atoms with van der Waals surface area (Å²) in [7, 11) is -7.53. The Labute approximate surface area is 478 Å². The number of rotatable bonds is 30. The van der Waals surface area contributed by atoms with E-state index in [-0.39, 0.29) is 131 Å². The molecule has 5 atom stereocenters. The molecular weight excluding hydrogens is 1070 g/mol. The van der Waals surface area contributed by atoms with Crippen molar-refractivity contribution < 1.29 is 54.8 Å². The molecule has 0 bridgehead atoms. The van der Waals surface area contributed by atoms with Crippen molar-refractivity contribution in [1.29, 1.82) is 0 Å². The molecule has 2 heterocycles. The largest absolute Gasteiger partial charge is 0.484 e. The van der Waals surface area contributed by atoms with E-state index < -0.39 is 25.5 Å². The molecule has 2 amide bonds. The molecule has 438 valence electrons. The molecule has 2 fully saturated rings. The summed E-state index contributed by atoms with van der Waals surface area (Å²) < 4.78 is 92.9. The van der Waals surface area contributed by atoms with Crippen LogP contribution in [0.4, 0.5) is 0 Å². The van der Waals surface area contributed by atoms with Gasteiger partial charge < -0.3 is 39.1 Å². The fourth-order valence-electron chi connectivity index (χ4n) is 11.5. The molecule has 0 aromatic heterocycles. The lowest BCUT2D eigenvalue weighted by Gasteiger charge is -2.35. The Morgan fingerprint density at radius 3 is 1.41 bits per heavy atom. The maximum Gasteiger partial charge on any atom is 0.247 e. The van der Waals surface area contributed by atoms with Crippen molar-refractivity contribution in [1.82, 2.24) is 29.9 Å². The Morgan fingerprint density at radius 2 is 0.951 bits per heavy atom. The third-order valence-electron chi connectivity index (χ3n) is 15.8. The Bertz CT molecular complexity index is 2990. The molecule has 81 heavy (non-hydrogen) atoms. The Hall–Kier alpha value is -5.52. The second kappa shape index (κ2) is 29.1. The molecule has 2 aliphatic heterocycles. The van der Waals surface area contributed by atoms with Crippen LogP contribution in [0.2, 0.25) is 0 Å². The highest BCUT2D eigenvalue weighted by Gasteiger charge is 2.40. The normalized spacial score (nSPS) is 22.2. The molecule has 5 aliphatic rings. The molecule has 4 aromatic rings. The second-order valence-electron chi connectivity index (χ2n) is 21.6. The quantitative estimate of drug-likeness (QED) is 0.0429. The number of carbonyl (C=O) groups excluding carboxylic acids is 2. The van der Waals surface area contributed by atoms with Crippen LogP contribution in [0.1, 0.15) is 86.3 Å². The molecule has 4 aromatic carbocycles. The van der Waals surface area contributed by atoms with E-state index in [0.717, 1.165) is 39.0 Å². The van der Waals surface area contributed by atoms with Crippen molar-refractivity contribution in [2.45, 2.75) is 98.8 Å². The number of hydrogen-bond acceptors (Lipinski definition) is 14. The lowest BCUT2D eigenvalue weighted by molar-refractivity contribution is -0.128. The summed E-state index contributed by atoms with van der Waals surface area (Å²) >= 11 is 0. The molecule has 0 spiro atoms. The number of ether oxygens (including phenoxy) is 6. The summed E-state index contributed by atoms with van der Waals surface area (Å²) in [6.07, 6.45) is 14.3. The number of allylic oxidation sites excluding steroid dienone is 2. The van der Waals surface area contributed by atoms with Gasteiger partial charge in [-0.3, -0.25) is 19.4 Å². The van der Waals surface area contributed by atoms with Crippen molar-refractivity contribution in [3.8, 4) is 11.5 Å². The first-order valence-electron chi connectivity index (χ1n) is 28.8. The standard InChI is InChI=1S/C61H80N6O12S2/c1-61(60(69)63-28-36-75-40-42-77-38-30-65-81(72,73)52-24-20-50(21-25-52)79-58-54-17-7-5-14-47(54)44-56(58)67-33-10-3-11-34-67)26-12-15-48(45-61)59(68)62-27-35-74-39-41-76-37-29-64-80(70,71)51-22-18-49(19-23-51)78-57-53-16-6-4-13-46(53)43-55(57)66-31-8-2-9-32-66/h4-7,12-26,55-58,64-65H,2-3,8-11,27-45H2,1H3,(H,62,68)(H,63,69)/t55?,56-,57-,58-,61?/m0/s1. The highest BCUT2D eigenvalue weighted by Crippen LogP contribution is 2.41. The smallest absolute Gasteiger partial charge is 0.247 e. The maximum atomic E-state index is 13.2. The lowest BCUT2D eigenvalue weighted by Crippen LogP contribution is -2.43. The van der Waals surface area contributed by atoms with Gasteiger partial charge in [0.05, 0.1) is 80.1 Å². The monoisotopic (exact) mass is 1150 g/mol. The zero-order valence-electron chi connectivity index (χ0n) is 46.6. The zero-order valence-corrected chi connectivity index (χ0v) is 48.2. The van der Waals surface area contributed by atoms with Crippen molar-refractivity contribution in [2.75, 3.05) is 105 Å². The number of piperidine rings is 2. The van der Waals surface area contributed by atoms with Crippen LogP contribution < -0.4 is 29.6 Å². The first kappa shape index (κ1) is 60.1. The van der Waals surface area contributed by atoms with Crippen LogP contribution in [0.15, 0.2) is 131 Å². The van der Waals surface area contributed by atoms with Crippen molar-refractivity contribution >= 4 is 31.9 Å². The Morgan fingerprint density at radius 1 is 0.531 bits per heavy atom. The molecule has 2 saturated heterocycles. The number of amides is 2. The summed E-state index contributed by atoms with van der Waals surface area (Å²) in [5.41, 5.74) is 4.53. The van der Waals surface area contributed by atoms with Crippen LogP contribution in [0, 0.1) is 5.41 Å². The van der Waals surface area contributed by atoms with E-state index in [9.17, 15) is 26.4 Å². The Balaban J connectivity index is 0.576. The molecular formula is C61H80N6O12S2. The van der Waals surface area contributed by atoms with Crippen LogP contribution in [-0.2, 0) is 61.4 Å². The zero-order chi connectivity index (χ0) is 56.5. The molecule has 18 nitrogen and oxygen atoms in total. The predicted molar refractivity (Wildman–Crippen MR) is 308 cm³/mol. The minimum atomic E-state index is -3.77. The number of hydrogen-bond donors (Lipinski definition) is 4. The highest BCUT2D eigenvalue weighted by atomic mass is 32.2. The summed E-state index contributed by atoms with van der Waals surface area (Å²) in [5.74, 6) is 0.724. The van der Waals surface area contributed by atoms with Gasteiger partial charge in [-0.2, -0.15) is 0 Å². The van der Waals surface area contributed by atoms with Gasteiger partial charge in [0.2, 0.25) is 31.9 Å². The van der Waals surface area contributed by atoms with Crippen LogP contribution in [0.25, 0.3) is 0 Å². The molecule has 2 unspecified atom stereocenters. The number of likely N-dealkylation sites (tertiary alicyclic amines) is 2. The number of nitrogens with one attached hydrogen (secondary N) is 4. The molecule has 0 radical (unpaired) electrons. The van der Waals surface area contributed by atoms with E-state index in [0.29, 0.717) is 17.1 Å². The third kappa shape index (κ3) is 16.4. The lowest BCUT2D eigenvalue weighted by atomic mass is 9.79. The minimum Gasteiger partial charge on any atom is -0.484 e. The van der Waals surface area contributed by atoms with Gasteiger partial charge in [-0.15, -0.1) is 0 Å². The number of nitrogens with zero attached hydrogens (tertiary/aromatic N) is 2. The number of fused-ring (bicyclic) bond motifs is 2. The fraction of sp³-hybridized carbons (Fsp3) is 0.508. The summed E-state index contributed by atoms with van der Waals surface area (Å²) in [6.45, 7) is 8.46. The van der Waals surface area contributed by atoms with Gasteiger partial charge in [-0.25, -0.2) is 26.3 Å². The van der Waals surface area contributed by atoms with Crippen LogP contribution >= 0.6 is 0 Å². The van der Waals surface area contributed by atoms with Crippen LogP contribution in [0.5, 0.6) is 11.5 Å². The predicted octanol–water partition coefficient (Wildman–Crippen LogP) is 6.20.